The summed E-state index contributed by atoms with van der Waals surface area (Å²) in [5.74, 6) is 2.00. The minimum atomic E-state index is 0.221. The highest BCUT2D eigenvalue weighted by molar-refractivity contribution is 5.89. The third kappa shape index (κ3) is 4.79. The molecule has 1 heterocycles. The van der Waals surface area contributed by atoms with Crippen molar-refractivity contribution in [3.05, 3.63) is 29.5 Å². The third-order valence-corrected chi connectivity index (χ3v) is 6.01. The molecule has 0 atom stereocenters. The number of nitrogens with zero attached hydrogens (tertiary/aromatic N) is 2. The molecule has 0 fully saturated rings. The fourth-order valence-electron chi connectivity index (χ4n) is 4.64. The fraction of sp³-hybridized carbons (Fsp3) is 0.640. The first-order valence-corrected chi connectivity index (χ1v) is 11.1. The standard InChI is InChI=1S/C25H38N2O2/c1-17(2)14-26(15-18(3)4)24(28)16-27-22-12-19(29-7)8-9-20(22)21-10-11-25(5,6)13-23(21)27/h8-9,12,17-18H,10-11,13-16H2,1-7H3. The molecule has 4 heteroatoms. The second-order valence-electron chi connectivity index (χ2n) is 10.3. The molecule has 0 radical (unpaired) electrons. The summed E-state index contributed by atoms with van der Waals surface area (Å²) >= 11 is 0. The minimum absolute atomic E-state index is 0.221. The van der Waals surface area contributed by atoms with Gasteiger partial charge < -0.3 is 14.2 Å². The normalized spacial score (nSPS) is 15.8. The second kappa shape index (κ2) is 8.41. The van der Waals surface area contributed by atoms with Gasteiger partial charge in [-0.05, 0) is 54.2 Å². The lowest BCUT2D eigenvalue weighted by atomic mass is 9.76. The lowest BCUT2D eigenvalue weighted by Crippen LogP contribution is -2.39. The molecule has 1 aliphatic carbocycles. The van der Waals surface area contributed by atoms with Gasteiger partial charge in [0.15, 0.2) is 0 Å². The van der Waals surface area contributed by atoms with Crippen molar-refractivity contribution in [2.75, 3.05) is 20.2 Å². The van der Waals surface area contributed by atoms with Crippen LogP contribution < -0.4 is 4.74 Å². The lowest BCUT2D eigenvalue weighted by molar-refractivity contribution is -0.132. The van der Waals surface area contributed by atoms with Gasteiger partial charge in [-0.2, -0.15) is 0 Å². The van der Waals surface area contributed by atoms with E-state index >= 15 is 0 Å². The molecule has 0 bridgehead atoms. The Morgan fingerprint density at radius 3 is 2.41 bits per heavy atom. The van der Waals surface area contributed by atoms with Crippen molar-refractivity contribution in [3.8, 4) is 5.75 Å². The van der Waals surface area contributed by atoms with Gasteiger partial charge in [-0.15, -0.1) is 0 Å². The number of aromatic nitrogens is 1. The zero-order valence-electron chi connectivity index (χ0n) is 19.3. The number of methoxy groups -OCH3 is 1. The highest BCUT2D eigenvalue weighted by Crippen LogP contribution is 2.40. The summed E-state index contributed by atoms with van der Waals surface area (Å²) in [6, 6.07) is 6.31. The first kappa shape index (κ1) is 21.7. The fourth-order valence-corrected chi connectivity index (χ4v) is 4.64. The molecule has 0 N–H and O–H groups in total. The van der Waals surface area contributed by atoms with E-state index in [0.29, 0.717) is 18.4 Å². The van der Waals surface area contributed by atoms with Crippen LogP contribution in [0.25, 0.3) is 10.9 Å². The lowest BCUT2D eigenvalue weighted by Gasteiger charge is -2.31. The first-order chi connectivity index (χ1) is 13.6. The van der Waals surface area contributed by atoms with Gasteiger partial charge in [-0.3, -0.25) is 4.79 Å². The summed E-state index contributed by atoms with van der Waals surface area (Å²) in [5.41, 5.74) is 4.16. The monoisotopic (exact) mass is 398 g/mol. The molecule has 1 aromatic heterocycles. The van der Waals surface area contributed by atoms with E-state index in [4.69, 9.17) is 4.74 Å². The van der Waals surface area contributed by atoms with Gasteiger partial charge in [0.1, 0.15) is 12.3 Å². The van der Waals surface area contributed by atoms with Gasteiger partial charge in [0.25, 0.3) is 0 Å². The van der Waals surface area contributed by atoms with E-state index in [1.807, 2.05) is 6.07 Å². The average molecular weight is 399 g/mol. The van der Waals surface area contributed by atoms with E-state index in [2.05, 4.69) is 63.1 Å². The Hall–Kier alpha value is -1.97. The highest BCUT2D eigenvalue weighted by Gasteiger charge is 2.31. The maximum absolute atomic E-state index is 13.4. The van der Waals surface area contributed by atoms with Gasteiger partial charge in [0.05, 0.1) is 12.6 Å². The van der Waals surface area contributed by atoms with Gasteiger partial charge in [0, 0.05) is 30.2 Å². The summed E-state index contributed by atoms with van der Waals surface area (Å²) < 4.78 is 7.78. The van der Waals surface area contributed by atoms with Crippen molar-refractivity contribution in [2.45, 2.75) is 67.3 Å². The summed E-state index contributed by atoms with van der Waals surface area (Å²) in [6.45, 7) is 15.4. The van der Waals surface area contributed by atoms with Crippen LogP contribution in [0.15, 0.2) is 18.2 Å². The number of amides is 1. The van der Waals surface area contributed by atoms with Crippen LogP contribution >= 0.6 is 0 Å². The van der Waals surface area contributed by atoms with Crippen LogP contribution in [0.1, 0.15) is 59.2 Å². The molecule has 3 rings (SSSR count). The maximum Gasteiger partial charge on any atom is 0.242 e. The number of fused-ring (bicyclic) bond motifs is 3. The molecule has 160 valence electrons. The summed E-state index contributed by atoms with van der Waals surface area (Å²) in [7, 11) is 1.70. The van der Waals surface area contributed by atoms with E-state index in [-0.39, 0.29) is 11.3 Å². The molecule has 0 spiro atoms. The summed E-state index contributed by atoms with van der Waals surface area (Å²) in [6.07, 6.45) is 3.28. The van der Waals surface area contributed by atoms with Crippen LogP contribution in [0, 0.1) is 17.3 Å². The first-order valence-electron chi connectivity index (χ1n) is 11.1. The van der Waals surface area contributed by atoms with Gasteiger partial charge in [-0.25, -0.2) is 0 Å². The SMILES string of the molecule is COc1ccc2c3c(n(CC(=O)N(CC(C)C)CC(C)C)c2c1)CC(C)(C)CC3. The molecule has 1 amide bonds. The minimum Gasteiger partial charge on any atom is -0.497 e. The number of rotatable bonds is 7. The zero-order chi connectivity index (χ0) is 21.3. The Morgan fingerprint density at radius 1 is 1.17 bits per heavy atom. The molecular weight excluding hydrogens is 360 g/mol. The maximum atomic E-state index is 13.4. The smallest absolute Gasteiger partial charge is 0.242 e. The van der Waals surface area contributed by atoms with Crippen molar-refractivity contribution in [3.63, 3.8) is 0 Å². The Morgan fingerprint density at radius 2 is 1.83 bits per heavy atom. The van der Waals surface area contributed by atoms with Crippen molar-refractivity contribution in [2.24, 2.45) is 17.3 Å². The average Bonchev–Trinajstić information content (AvgIpc) is 2.91. The van der Waals surface area contributed by atoms with Crippen molar-refractivity contribution >= 4 is 16.8 Å². The van der Waals surface area contributed by atoms with E-state index in [0.717, 1.165) is 37.2 Å². The van der Waals surface area contributed by atoms with E-state index in [1.54, 1.807) is 7.11 Å². The van der Waals surface area contributed by atoms with E-state index in [9.17, 15) is 4.79 Å². The predicted octanol–water partition coefficient (Wildman–Crippen LogP) is 5.31. The van der Waals surface area contributed by atoms with Crippen molar-refractivity contribution < 1.29 is 9.53 Å². The number of aryl methyl sites for hydroxylation is 1. The van der Waals surface area contributed by atoms with Crippen molar-refractivity contribution in [1.29, 1.82) is 0 Å². The Labute approximate surface area is 176 Å². The van der Waals surface area contributed by atoms with Gasteiger partial charge in [0.2, 0.25) is 5.91 Å². The topological polar surface area (TPSA) is 34.5 Å². The summed E-state index contributed by atoms with van der Waals surface area (Å²) in [4.78, 5) is 15.5. The molecular formula is C25H38N2O2. The van der Waals surface area contributed by atoms with Gasteiger partial charge in [-0.1, -0.05) is 41.5 Å². The number of benzene rings is 1. The van der Waals surface area contributed by atoms with E-state index in [1.165, 1.54) is 23.1 Å². The quantitative estimate of drug-likeness (QED) is 0.634. The summed E-state index contributed by atoms with van der Waals surface area (Å²) in [5, 5.41) is 1.28. The molecule has 29 heavy (non-hydrogen) atoms. The van der Waals surface area contributed by atoms with Crippen molar-refractivity contribution in [1.82, 2.24) is 9.47 Å². The number of hydrogen-bond donors (Lipinski definition) is 0. The van der Waals surface area contributed by atoms with Crippen LogP contribution in [0.2, 0.25) is 0 Å². The Balaban J connectivity index is 2.03. The number of ether oxygens (including phenoxy) is 1. The van der Waals surface area contributed by atoms with Crippen LogP contribution in [0.3, 0.4) is 0 Å². The number of carbonyl (C=O) groups is 1. The molecule has 2 aromatic rings. The zero-order valence-corrected chi connectivity index (χ0v) is 19.3. The Kier molecular flexibility index (Phi) is 6.30. The molecule has 0 aliphatic heterocycles. The van der Waals surface area contributed by atoms with Crippen LogP contribution in [-0.4, -0.2) is 35.6 Å². The van der Waals surface area contributed by atoms with E-state index < -0.39 is 0 Å². The molecule has 1 aromatic carbocycles. The van der Waals surface area contributed by atoms with Crippen LogP contribution in [0.5, 0.6) is 5.75 Å². The molecule has 0 saturated carbocycles. The molecule has 1 aliphatic rings. The van der Waals surface area contributed by atoms with Crippen LogP contribution in [0.4, 0.5) is 0 Å². The number of hydrogen-bond acceptors (Lipinski definition) is 2. The molecule has 0 saturated heterocycles. The number of carbonyl (C=O) groups excluding carboxylic acids is 1. The van der Waals surface area contributed by atoms with Gasteiger partial charge >= 0.3 is 0 Å². The molecule has 4 nitrogen and oxygen atoms in total. The Bertz CT molecular complexity index is 867. The highest BCUT2D eigenvalue weighted by atomic mass is 16.5. The third-order valence-electron chi connectivity index (χ3n) is 6.01. The predicted molar refractivity (Wildman–Crippen MR) is 121 cm³/mol. The van der Waals surface area contributed by atoms with Crippen LogP contribution in [-0.2, 0) is 24.2 Å². The second-order valence-corrected chi connectivity index (χ2v) is 10.3. The molecule has 0 unspecified atom stereocenters. The largest absolute Gasteiger partial charge is 0.497 e.